The minimum absolute atomic E-state index is 0.473. The molecular formula is C27H40N6O2. The van der Waals surface area contributed by atoms with Crippen LogP contribution in [0.3, 0.4) is 0 Å². The van der Waals surface area contributed by atoms with Gasteiger partial charge >= 0.3 is 0 Å². The van der Waals surface area contributed by atoms with Gasteiger partial charge in [0.05, 0.1) is 25.8 Å². The Morgan fingerprint density at radius 1 is 0.857 bits per heavy atom. The van der Waals surface area contributed by atoms with Crippen molar-refractivity contribution in [1.29, 1.82) is 0 Å². The summed E-state index contributed by atoms with van der Waals surface area (Å²) in [5.41, 5.74) is 0.869. The molecule has 1 aliphatic heterocycles. The van der Waals surface area contributed by atoms with Crippen molar-refractivity contribution in [3.05, 3.63) is 18.5 Å². The van der Waals surface area contributed by atoms with E-state index in [9.17, 15) is 0 Å². The van der Waals surface area contributed by atoms with E-state index < -0.39 is 0 Å². The van der Waals surface area contributed by atoms with E-state index in [1.165, 1.54) is 64.2 Å². The summed E-state index contributed by atoms with van der Waals surface area (Å²) >= 11 is 0. The maximum absolute atomic E-state index is 5.55. The molecule has 8 nitrogen and oxygen atoms in total. The Morgan fingerprint density at radius 2 is 1.51 bits per heavy atom. The van der Waals surface area contributed by atoms with E-state index in [2.05, 4.69) is 25.1 Å². The number of ether oxygens (including phenoxy) is 2. The molecule has 3 fully saturated rings. The Kier molecular flexibility index (Phi) is 7.74. The van der Waals surface area contributed by atoms with E-state index in [0.717, 1.165) is 48.9 Å². The summed E-state index contributed by atoms with van der Waals surface area (Å²) in [4.78, 5) is 19.3. The average molecular weight is 481 g/mol. The Balaban J connectivity index is 1.32. The lowest BCUT2D eigenvalue weighted by Crippen LogP contribution is -2.55. The number of guanidine groups is 1. The van der Waals surface area contributed by atoms with Crippen LogP contribution in [-0.2, 0) is 0 Å². The van der Waals surface area contributed by atoms with Crippen LogP contribution in [0.15, 0.2) is 23.5 Å². The van der Waals surface area contributed by atoms with Gasteiger partial charge in [-0.1, -0.05) is 38.5 Å². The molecule has 2 aromatic rings. The second-order valence-electron chi connectivity index (χ2n) is 10.1. The number of nitrogens with one attached hydrogen (secondary N) is 1. The lowest BCUT2D eigenvalue weighted by atomic mass is 9.95. The highest BCUT2D eigenvalue weighted by molar-refractivity contribution is 5.92. The number of aliphatic imine (C=N–C) groups is 1. The van der Waals surface area contributed by atoms with Crippen molar-refractivity contribution in [3.8, 4) is 11.5 Å². The number of nitrogens with zero attached hydrogens (tertiary/aromatic N) is 5. The number of benzene rings is 1. The third-order valence-electron chi connectivity index (χ3n) is 7.82. The van der Waals surface area contributed by atoms with Gasteiger partial charge in [0.1, 0.15) is 12.1 Å². The fraction of sp³-hybridized carbons (Fsp3) is 0.667. The summed E-state index contributed by atoms with van der Waals surface area (Å²) in [5.74, 6) is 3.49. The van der Waals surface area contributed by atoms with Crippen LogP contribution >= 0.6 is 0 Å². The number of hydrogen-bond donors (Lipinski definition) is 1. The van der Waals surface area contributed by atoms with Crippen molar-refractivity contribution >= 4 is 22.7 Å². The normalized spacial score (nSPS) is 20.8. The topological polar surface area (TPSA) is 75.1 Å². The number of hydrogen-bond acceptors (Lipinski definition) is 6. The largest absolute Gasteiger partial charge is 0.493 e. The van der Waals surface area contributed by atoms with Crippen LogP contribution in [0.25, 0.3) is 10.9 Å². The monoisotopic (exact) mass is 480 g/mol. The highest BCUT2D eigenvalue weighted by atomic mass is 16.5. The minimum Gasteiger partial charge on any atom is -0.493 e. The molecular weight excluding hydrogens is 440 g/mol. The minimum atomic E-state index is 0.473. The lowest BCUT2D eigenvalue weighted by Gasteiger charge is -2.39. The van der Waals surface area contributed by atoms with Crippen LogP contribution in [0, 0.1) is 0 Å². The Hall–Kier alpha value is -2.77. The number of piperazine rings is 1. The third kappa shape index (κ3) is 5.57. The average Bonchev–Trinajstić information content (AvgIpc) is 2.93. The predicted octanol–water partition coefficient (Wildman–Crippen LogP) is 4.38. The van der Waals surface area contributed by atoms with E-state index in [0.29, 0.717) is 23.6 Å². The zero-order chi connectivity index (χ0) is 24.0. The first kappa shape index (κ1) is 23.9. The summed E-state index contributed by atoms with van der Waals surface area (Å²) < 4.78 is 11.0. The van der Waals surface area contributed by atoms with Gasteiger partial charge in [0.2, 0.25) is 0 Å². The van der Waals surface area contributed by atoms with E-state index >= 15 is 0 Å². The second-order valence-corrected chi connectivity index (χ2v) is 10.1. The predicted molar refractivity (Wildman–Crippen MR) is 141 cm³/mol. The molecule has 2 heterocycles. The van der Waals surface area contributed by atoms with Gasteiger partial charge in [-0.2, -0.15) is 0 Å². The standard InChI is InChI=1S/C27H40N6O2/c1-34-24-17-22-23(18-25(24)35-2)28-19-29-26(22)32-13-15-33(16-14-32)27(30-20-9-5-3-6-10-20)31-21-11-7-4-8-12-21/h17-21H,3-16H2,1-2H3,(H,30,31). The first-order valence-corrected chi connectivity index (χ1v) is 13.5. The number of fused-ring (bicyclic) bond motifs is 1. The van der Waals surface area contributed by atoms with Crippen LogP contribution in [-0.4, -0.2) is 73.3 Å². The number of aromatic nitrogens is 2. The zero-order valence-electron chi connectivity index (χ0n) is 21.3. The Bertz CT molecular complexity index is 1010. The molecule has 190 valence electrons. The van der Waals surface area contributed by atoms with Crippen LogP contribution < -0.4 is 19.7 Å². The lowest BCUT2D eigenvalue weighted by molar-refractivity contribution is 0.340. The highest BCUT2D eigenvalue weighted by Crippen LogP contribution is 2.35. The van der Waals surface area contributed by atoms with Crippen molar-refractivity contribution < 1.29 is 9.47 Å². The quantitative estimate of drug-likeness (QED) is 0.503. The molecule has 2 aliphatic carbocycles. The van der Waals surface area contributed by atoms with E-state index in [4.69, 9.17) is 14.5 Å². The number of methoxy groups -OCH3 is 2. The van der Waals surface area contributed by atoms with E-state index in [1.54, 1.807) is 20.5 Å². The number of rotatable bonds is 5. The van der Waals surface area contributed by atoms with Gasteiger partial charge < -0.3 is 24.6 Å². The zero-order valence-corrected chi connectivity index (χ0v) is 21.3. The van der Waals surface area contributed by atoms with E-state index in [-0.39, 0.29) is 0 Å². The first-order valence-electron chi connectivity index (χ1n) is 13.5. The molecule has 2 saturated carbocycles. The molecule has 8 heteroatoms. The van der Waals surface area contributed by atoms with Gasteiger partial charge in [-0.15, -0.1) is 0 Å². The van der Waals surface area contributed by atoms with Gasteiger partial charge in [-0.3, -0.25) is 0 Å². The van der Waals surface area contributed by atoms with Gasteiger partial charge in [-0.25, -0.2) is 15.0 Å². The molecule has 0 bridgehead atoms. The SMILES string of the molecule is COc1cc2ncnc(N3CCN(C(=NC4CCCCC4)NC4CCCCC4)CC3)c2cc1OC. The van der Waals surface area contributed by atoms with Crippen molar-refractivity contribution in [1.82, 2.24) is 20.2 Å². The van der Waals surface area contributed by atoms with Crippen molar-refractivity contribution in [2.24, 2.45) is 4.99 Å². The molecule has 1 aromatic carbocycles. The molecule has 1 aromatic heterocycles. The van der Waals surface area contributed by atoms with Gasteiger partial charge in [0, 0.05) is 43.7 Å². The van der Waals surface area contributed by atoms with Crippen molar-refractivity contribution in [2.45, 2.75) is 76.3 Å². The Labute approximate surface area is 209 Å². The fourth-order valence-electron chi connectivity index (χ4n) is 5.77. The maximum atomic E-state index is 5.55. The van der Waals surface area contributed by atoms with Gasteiger partial charge in [0.25, 0.3) is 0 Å². The van der Waals surface area contributed by atoms with Crippen LogP contribution in [0.4, 0.5) is 5.82 Å². The van der Waals surface area contributed by atoms with Crippen LogP contribution in [0.2, 0.25) is 0 Å². The van der Waals surface area contributed by atoms with Crippen LogP contribution in [0.1, 0.15) is 64.2 Å². The molecule has 0 spiro atoms. The molecule has 5 rings (SSSR count). The smallest absolute Gasteiger partial charge is 0.194 e. The molecule has 35 heavy (non-hydrogen) atoms. The summed E-state index contributed by atoms with van der Waals surface area (Å²) in [6.45, 7) is 3.67. The van der Waals surface area contributed by atoms with Crippen molar-refractivity contribution in [3.63, 3.8) is 0 Å². The summed E-state index contributed by atoms with van der Waals surface area (Å²) in [6.07, 6.45) is 14.7. The highest BCUT2D eigenvalue weighted by Gasteiger charge is 2.26. The molecule has 3 aliphatic rings. The van der Waals surface area contributed by atoms with Crippen LogP contribution in [0.5, 0.6) is 11.5 Å². The van der Waals surface area contributed by atoms with E-state index in [1.807, 2.05) is 12.1 Å². The molecule has 1 N–H and O–H groups in total. The molecule has 0 unspecified atom stereocenters. The molecule has 0 radical (unpaired) electrons. The molecule has 0 amide bonds. The van der Waals surface area contributed by atoms with Crippen molar-refractivity contribution in [2.75, 3.05) is 45.3 Å². The Morgan fingerprint density at radius 3 is 2.20 bits per heavy atom. The second kappa shape index (κ2) is 11.3. The first-order chi connectivity index (χ1) is 17.2. The number of anilines is 1. The third-order valence-corrected chi connectivity index (χ3v) is 7.82. The fourth-order valence-corrected chi connectivity index (χ4v) is 5.77. The molecule has 0 atom stereocenters. The maximum Gasteiger partial charge on any atom is 0.194 e. The van der Waals surface area contributed by atoms with Gasteiger partial charge in [-0.05, 0) is 31.7 Å². The molecule has 1 saturated heterocycles. The summed E-state index contributed by atoms with van der Waals surface area (Å²) in [7, 11) is 3.32. The van der Waals surface area contributed by atoms with Gasteiger partial charge in [0.15, 0.2) is 17.5 Å². The summed E-state index contributed by atoms with van der Waals surface area (Å²) in [6, 6.07) is 4.97. The summed E-state index contributed by atoms with van der Waals surface area (Å²) in [5, 5.41) is 4.88.